The standard InChI is InChI=1S/C24H29NO3/c1-2-14-27-18-11-12-19-21(16-18)24(26)20-9-5-10-22(23(19)20)28-15-6-8-17-7-3-4-13-25-17/h5,9-12,16-17,25H,2-4,6-8,13-15H2,1H3. The quantitative estimate of drug-likeness (QED) is 0.560. The van der Waals surface area contributed by atoms with Crippen molar-refractivity contribution in [1.29, 1.82) is 0 Å². The van der Waals surface area contributed by atoms with Crippen LogP contribution in [0.2, 0.25) is 0 Å². The summed E-state index contributed by atoms with van der Waals surface area (Å²) in [5, 5.41) is 3.59. The maximum absolute atomic E-state index is 12.9. The van der Waals surface area contributed by atoms with Gasteiger partial charge in [-0.15, -0.1) is 0 Å². The Morgan fingerprint density at radius 1 is 1.04 bits per heavy atom. The molecule has 2 aromatic rings. The predicted octanol–water partition coefficient (Wildman–Crippen LogP) is 4.99. The molecule has 1 aliphatic heterocycles. The summed E-state index contributed by atoms with van der Waals surface area (Å²) >= 11 is 0. The summed E-state index contributed by atoms with van der Waals surface area (Å²) in [4.78, 5) is 12.9. The van der Waals surface area contributed by atoms with Crippen LogP contribution in [0.4, 0.5) is 0 Å². The molecule has 1 fully saturated rings. The zero-order valence-corrected chi connectivity index (χ0v) is 16.6. The van der Waals surface area contributed by atoms with Gasteiger partial charge < -0.3 is 14.8 Å². The van der Waals surface area contributed by atoms with Crippen molar-refractivity contribution in [1.82, 2.24) is 5.32 Å². The Morgan fingerprint density at radius 2 is 1.96 bits per heavy atom. The number of fused-ring (bicyclic) bond motifs is 3. The lowest BCUT2D eigenvalue weighted by Gasteiger charge is -2.23. The van der Waals surface area contributed by atoms with Gasteiger partial charge in [0, 0.05) is 22.7 Å². The maximum atomic E-state index is 12.9. The molecule has 1 saturated heterocycles. The lowest BCUT2D eigenvalue weighted by atomic mass is 10.0. The van der Waals surface area contributed by atoms with Gasteiger partial charge in [0.25, 0.3) is 0 Å². The fraction of sp³-hybridized carbons (Fsp3) is 0.458. The molecule has 2 aromatic carbocycles. The van der Waals surface area contributed by atoms with E-state index in [4.69, 9.17) is 9.47 Å². The molecular weight excluding hydrogens is 350 g/mol. The van der Waals surface area contributed by atoms with Crippen molar-refractivity contribution < 1.29 is 14.3 Å². The first-order valence-electron chi connectivity index (χ1n) is 10.6. The number of hydrogen-bond donors (Lipinski definition) is 1. The molecule has 28 heavy (non-hydrogen) atoms. The van der Waals surface area contributed by atoms with E-state index in [9.17, 15) is 4.79 Å². The van der Waals surface area contributed by atoms with Gasteiger partial charge in [0.2, 0.25) is 0 Å². The van der Waals surface area contributed by atoms with Crippen LogP contribution in [0.25, 0.3) is 11.1 Å². The number of hydrogen-bond acceptors (Lipinski definition) is 4. The number of carbonyl (C=O) groups is 1. The van der Waals surface area contributed by atoms with Crippen LogP contribution in [-0.4, -0.2) is 31.6 Å². The highest BCUT2D eigenvalue weighted by Gasteiger charge is 2.30. The Balaban J connectivity index is 1.46. The van der Waals surface area contributed by atoms with Crippen LogP contribution in [-0.2, 0) is 0 Å². The molecule has 1 N–H and O–H groups in total. The van der Waals surface area contributed by atoms with E-state index in [1.54, 1.807) is 0 Å². The van der Waals surface area contributed by atoms with Gasteiger partial charge in [0.05, 0.1) is 13.2 Å². The molecule has 0 spiro atoms. The lowest BCUT2D eigenvalue weighted by molar-refractivity contribution is 0.104. The fourth-order valence-corrected chi connectivity index (χ4v) is 4.18. The van der Waals surface area contributed by atoms with Gasteiger partial charge in [-0.05, 0) is 68.5 Å². The first-order chi connectivity index (χ1) is 13.8. The van der Waals surface area contributed by atoms with E-state index < -0.39 is 0 Å². The Hall–Kier alpha value is -2.33. The van der Waals surface area contributed by atoms with Crippen LogP contribution in [0, 0.1) is 0 Å². The minimum atomic E-state index is 0.0591. The molecule has 4 heteroatoms. The lowest BCUT2D eigenvalue weighted by Crippen LogP contribution is -2.34. The Bertz CT molecular complexity index is 840. The number of piperidine rings is 1. The van der Waals surface area contributed by atoms with Gasteiger partial charge in [0.15, 0.2) is 5.78 Å². The van der Waals surface area contributed by atoms with E-state index in [0.717, 1.165) is 54.0 Å². The van der Waals surface area contributed by atoms with E-state index in [-0.39, 0.29) is 5.78 Å². The smallest absolute Gasteiger partial charge is 0.194 e. The van der Waals surface area contributed by atoms with E-state index in [1.807, 2.05) is 36.4 Å². The summed E-state index contributed by atoms with van der Waals surface area (Å²) in [6, 6.07) is 12.2. The van der Waals surface area contributed by atoms with Crippen LogP contribution in [0.15, 0.2) is 36.4 Å². The molecular formula is C24H29NO3. The molecule has 0 radical (unpaired) electrons. The molecule has 0 aromatic heterocycles. The first kappa shape index (κ1) is 19.0. The van der Waals surface area contributed by atoms with Crippen LogP contribution in [0.5, 0.6) is 11.5 Å². The van der Waals surface area contributed by atoms with Gasteiger partial charge in [-0.2, -0.15) is 0 Å². The zero-order valence-electron chi connectivity index (χ0n) is 16.6. The minimum absolute atomic E-state index is 0.0591. The number of ether oxygens (including phenoxy) is 2. The van der Waals surface area contributed by atoms with E-state index in [0.29, 0.717) is 24.8 Å². The van der Waals surface area contributed by atoms with Crippen molar-refractivity contribution in [2.45, 2.75) is 51.5 Å². The molecule has 1 unspecified atom stereocenters. The van der Waals surface area contributed by atoms with Crippen molar-refractivity contribution in [3.05, 3.63) is 47.5 Å². The molecule has 1 atom stereocenters. The largest absolute Gasteiger partial charge is 0.494 e. The second kappa shape index (κ2) is 8.78. The monoisotopic (exact) mass is 379 g/mol. The average Bonchev–Trinajstić information content (AvgIpc) is 3.03. The molecule has 1 heterocycles. The molecule has 4 rings (SSSR count). The molecule has 0 amide bonds. The number of benzene rings is 2. The predicted molar refractivity (Wildman–Crippen MR) is 111 cm³/mol. The van der Waals surface area contributed by atoms with E-state index >= 15 is 0 Å². The van der Waals surface area contributed by atoms with E-state index in [2.05, 4.69) is 12.2 Å². The summed E-state index contributed by atoms with van der Waals surface area (Å²) < 4.78 is 11.8. The van der Waals surface area contributed by atoms with Crippen molar-refractivity contribution in [2.75, 3.05) is 19.8 Å². The third kappa shape index (κ3) is 3.93. The molecule has 148 valence electrons. The molecule has 2 aliphatic rings. The van der Waals surface area contributed by atoms with Gasteiger partial charge in [0.1, 0.15) is 11.5 Å². The maximum Gasteiger partial charge on any atom is 0.194 e. The second-order valence-corrected chi connectivity index (χ2v) is 7.70. The van der Waals surface area contributed by atoms with Crippen LogP contribution in [0.3, 0.4) is 0 Å². The fourth-order valence-electron chi connectivity index (χ4n) is 4.18. The van der Waals surface area contributed by atoms with Crippen molar-refractivity contribution in [2.24, 2.45) is 0 Å². The first-order valence-corrected chi connectivity index (χ1v) is 10.6. The highest BCUT2D eigenvalue weighted by Crippen LogP contribution is 2.43. The zero-order chi connectivity index (χ0) is 19.3. The number of ketones is 1. The highest BCUT2D eigenvalue weighted by molar-refractivity contribution is 6.22. The van der Waals surface area contributed by atoms with Crippen molar-refractivity contribution >= 4 is 5.78 Å². The third-order valence-corrected chi connectivity index (χ3v) is 5.62. The third-order valence-electron chi connectivity index (χ3n) is 5.62. The SMILES string of the molecule is CCCOc1ccc2c(c1)C(=O)c1cccc(OCCCC3CCCCN3)c1-2. The summed E-state index contributed by atoms with van der Waals surface area (Å²) in [5.74, 6) is 1.62. The van der Waals surface area contributed by atoms with Crippen molar-refractivity contribution in [3.8, 4) is 22.6 Å². The average molecular weight is 380 g/mol. The minimum Gasteiger partial charge on any atom is -0.494 e. The van der Waals surface area contributed by atoms with E-state index in [1.165, 1.54) is 19.3 Å². The molecule has 1 aliphatic carbocycles. The van der Waals surface area contributed by atoms with Gasteiger partial charge >= 0.3 is 0 Å². The van der Waals surface area contributed by atoms with Crippen molar-refractivity contribution in [3.63, 3.8) is 0 Å². The van der Waals surface area contributed by atoms with Gasteiger partial charge in [-0.1, -0.05) is 25.5 Å². The van der Waals surface area contributed by atoms with Gasteiger partial charge in [-0.25, -0.2) is 0 Å². The van der Waals surface area contributed by atoms with Gasteiger partial charge in [-0.3, -0.25) is 4.79 Å². The summed E-state index contributed by atoms with van der Waals surface area (Å²) in [6.45, 7) is 4.54. The van der Waals surface area contributed by atoms with Crippen LogP contribution in [0.1, 0.15) is 61.4 Å². The molecule has 4 nitrogen and oxygen atoms in total. The number of nitrogens with one attached hydrogen (secondary N) is 1. The second-order valence-electron chi connectivity index (χ2n) is 7.70. The Kier molecular flexibility index (Phi) is 5.96. The number of carbonyl (C=O) groups excluding carboxylic acids is 1. The summed E-state index contributed by atoms with van der Waals surface area (Å²) in [6.07, 6.45) is 6.99. The summed E-state index contributed by atoms with van der Waals surface area (Å²) in [7, 11) is 0. The molecule has 0 bridgehead atoms. The number of rotatable bonds is 8. The normalized spacial score (nSPS) is 17.9. The Labute approximate surface area is 167 Å². The van der Waals surface area contributed by atoms with Crippen LogP contribution >= 0.6 is 0 Å². The topological polar surface area (TPSA) is 47.6 Å². The van der Waals surface area contributed by atoms with Crippen LogP contribution < -0.4 is 14.8 Å². The highest BCUT2D eigenvalue weighted by atomic mass is 16.5. The summed E-state index contributed by atoms with van der Waals surface area (Å²) in [5.41, 5.74) is 3.33. The molecule has 0 saturated carbocycles. The Morgan fingerprint density at radius 3 is 2.79 bits per heavy atom.